The van der Waals surface area contributed by atoms with Crippen molar-refractivity contribution < 1.29 is 19.8 Å². The van der Waals surface area contributed by atoms with Crippen LogP contribution in [-0.4, -0.2) is 44.6 Å². The zero-order chi connectivity index (χ0) is 19.1. The molecule has 7 heteroatoms. The number of benzene rings is 1. The number of aryl methyl sites for hydroxylation is 1. The van der Waals surface area contributed by atoms with Gasteiger partial charge in [0.1, 0.15) is 11.3 Å². The van der Waals surface area contributed by atoms with Crippen LogP contribution >= 0.6 is 0 Å². The minimum atomic E-state index is -1.28. The Morgan fingerprint density at radius 1 is 1.07 bits per heavy atom. The molecular weight excluding hydrogens is 348 g/mol. The Morgan fingerprint density at radius 2 is 1.85 bits per heavy atom. The smallest absolute Gasteiger partial charge is 0.341 e. The van der Waals surface area contributed by atoms with Crippen LogP contribution < -0.4 is 5.56 Å². The fourth-order valence-corrected chi connectivity index (χ4v) is 4.25. The number of aromatic nitrogens is 1. The van der Waals surface area contributed by atoms with Crippen molar-refractivity contribution in [2.24, 2.45) is 0 Å². The van der Waals surface area contributed by atoms with Crippen molar-refractivity contribution in [3.63, 3.8) is 0 Å². The zero-order valence-electron chi connectivity index (χ0n) is 14.7. The van der Waals surface area contributed by atoms with Gasteiger partial charge in [-0.15, -0.1) is 0 Å². The molecule has 0 unspecified atom stereocenters. The van der Waals surface area contributed by atoms with Crippen LogP contribution in [0.25, 0.3) is 0 Å². The highest BCUT2D eigenvalue weighted by molar-refractivity contribution is 5.92. The van der Waals surface area contributed by atoms with Gasteiger partial charge in [-0.2, -0.15) is 0 Å². The number of nitrogens with zero attached hydrogens (tertiary/aromatic N) is 2. The van der Waals surface area contributed by atoms with E-state index in [1.165, 1.54) is 10.1 Å². The summed E-state index contributed by atoms with van der Waals surface area (Å²) in [5, 5.41) is 19.3. The second-order valence-electron chi connectivity index (χ2n) is 7.01. The molecular formula is C20H20N2O5. The molecule has 1 aromatic carbocycles. The normalized spacial score (nSPS) is 18.5. The van der Waals surface area contributed by atoms with E-state index in [0.29, 0.717) is 13.1 Å². The zero-order valence-corrected chi connectivity index (χ0v) is 14.7. The molecule has 0 radical (unpaired) electrons. The summed E-state index contributed by atoms with van der Waals surface area (Å²) < 4.78 is 1.36. The first-order chi connectivity index (χ1) is 13.0. The molecule has 7 nitrogen and oxygen atoms in total. The van der Waals surface area contributed by atoms with E-state index >= 15 is 0 Å². The molecule has 1 aromatic heterocycles. The number of rotatable bonds is 2. The highest BCUT2D eigenvalue weighted by atomic mass is 16.4. The third kappa shape index (κ3) is 2.89. The second kappa shape index (κ2) is 6.57. The van der Waals surface area contributed by atoms with Crippen LogP contribution in [0.15, 0.2) is 35.1 Å². The van der Waals surface area contributed by atoms with Gasteiger partial charge >= 0.3 is 5.97 Å². The van der Waals surface area contributed by atoms with Gasteiger partial charge in [-0.3, -0.25) is 9.59 Å². The summed E-state index contributed by atoms with van der Waals surface area (Å²) in [6.07, 6.45) is 1.85. The number of carbonyl (C=O) groups is 2. The first-order valence-electron chi connectivity index (χ1n) is 9.03. The molecule has 2 aromatic rings. The molecule has 1 atom stereocenters. The van der Waals surface area contributed by atoms with Gasteiger partial charge in [-0.1, -0.05) is 24.3 Å². The number of aromatic carboxylic acids is 1. The van der Waals surface area contributed by atoms with Crippen molar-refractivity contribution >= 4 is 11.9 Å². The Kier molecular flexibility index (Phi) is 4.22. The van der Waals surface area contributed by atoms with Gasteiger partial charge in [0.2, 0.25) is 5.91 Å². The summed E-state index contributed by atoms with van der Waals surface area (Å²) >= 11 is 0. The second-order valence-corrected chi connectivity index (χ2v) is 7.01. The Bertz CT molecular complexity index is 994. The average molecular weight is 368 g/mol. The number of hydrogen-bond acceptors (Lipinski definition) is 4. The lowest BCUT2D eigenvalue weighted by Gasteiger charge is -2.24. The SMILES string of the molecule is O=C(O)c1c(O)cc(=O)n2c1CCN(C(=O)[C@H]1CCc3ccccc31)CC2. The summed E-state index contributed by atoms with van der Waals surface area (Å²) in [5.41, 5.74) is 1.83. The van der Waals surface area contributed by atoms with E-state index in [-0.39, 0.29) is 36.0 Å². The van der Waals surface area contributed by atoms with Crippen LogP contribution in [0, 0.1) is 0 Å². The lowest BCUT2D eigenvalue weighted by atomic mass is 9.99. The fraction of sp³-hybridized carbons (Fsp3) is 0.350. The molecule has 4 rings (SSSR count). The molecule has 1 aliphatic carbocycles. The predicted molar refractivity (Wildman–Crippen MR) is 97.1 cm³/mol. The lowest BCUT2D eigenvalue weighted by Crippen LogP contribution is -2.37. The van der Waals surface area contributed by atoms with Gasteiger partial charge in [0.05, 0.1) is 5.92 Å². The van der Waals surface area contributed by atoms with Gasteiger partial charge in [0.25, 0.3) is 5.56 Å². The van der Waals surface area contributed by atoms with Crippen LogP contribution in [0.2, 0.25) is 0 Å². The summed E-state index contributed by atoms with van der Waals surface area (Å²) in [5.74, 6) is -1.97. The van der Waals surface area contributed by atoms with E-state index in [1.807, 2.05) is 24.3 Å². The Labute approximate surface area is 155 Å². The van der Waals surface area contributed by atoms with Gasteiger partial charge in [-0.05, 0) is 24.0 Å². The van der Waals surface area contributed by atoms with Crippen molar-refractivity contribution in [3.8, 4) is 5.75 Å². The molecule has 1 amide bonds. The summed E-state index contributed by atoms with van der Waals surface area (Å²) in [7, 11) is 0. The Morgan fingerprint density at radius 3 is 2.63 bits per heavy atom. The van der Waals surface area contributed by atoms with Crippen LogP contribution in [0.1, 0.15) is 39.5 Å². The Hall–Kier alpha value is -3.09. The number of amides is 1. The fourth-order valence-electron chi connectivity index (χ4n) is 4.25. The number of carbonyl (C=O) groups excluding carboxylic acids is 1. The maximum absolute atomic E-state index is 13.1. The molecule has 140 valence electrons. The minimum absolute atomic E-state index is 0.0157. The predicted octanol–water partition coefficient (Wildman–Crippen LogP) is 1.37. The van der Waals surface area contributed by atoms with E-state index in [9.17, 15) is 24.6 Å². The molecule has 2 N–H and O–H groups in total. The van der Waals surface area contributed by atoms with Gasteiger partial charge in [0.15, 0.2) is 0 Å². The van der Waals surface area contributed by atoms with Gasteiger partial charge < -0.3 is 19.7 Å². The quantitative estimate of drug-likeness (QED) is 0.834. The lowest BCUT2D eigenvalue weighted by molar-refractivity contribution is -0.132. The van der Waals surface area contributed by atoms with Crippen LogP contribution in [0.3, 0.4) is 0 Å². The molecule has 2 aliphatic rings. The molecule has 0 spiro atoms. The summed E-state index contributed by atoms with van der Waals surface area (Å²) in [6, 6.07) is 8.87. The minimum Gasteiger partial charge on any atom is -0.507 e. The number of fused-ring (bicyclic) bond motifs is 2. The first-order valence-corrected chi connectivity index (χ1v) is 9.03. The van der Waals surface area contributed by atoms with E-state index < -0.39 is 17.3 Å². The number of pyridine rings is 1. The average Bonchev–Trinajstić information content (AvgIpc) is 2.93. The van der Waals surface area contributed by atoms with Crippen LogP contribution in [-0.2, 0) is 24.2 Å². The van der Waals surface area contributed by atoms with E-state index in [2.05, 4.69) is 0 Å². The Balaban J connectivity index is 1.62. The van der Waals surface area contributed by atoms with Crippen molar-refractivity contribution in [2.75, 3.05) is 13.1 Å². The molecule has 2 heterocycles. The molecule has 0 saturated carbocycles. The number of aromatic hydroxyl groups is 1. The highest BCUT2D eigenvalue weighted by Gasteiger charge is 2.33. The topological polar surface area (TPSA) is 99.8 Å². The van der Waals surface area contributed by atoms with Gasteiger partial charge in [0, 0.05) is 37.8 Å². The highest BCUT2D eigenvalue weighted by Crippen LogP contribution is 2.34. The maximum atomic E-state index is 13.1. The molecule has 0 fully saturated rings. The van der Waals surface area contributed by atoms with E-state index in [1.54, 1.807) is 4.90 Å². The molecule has 0 bridgehead atoms. The first kappa shape index (κ1) is 17.3. The monoisotopic (exact) mass is 368 g/mol. The largest absolute Gasteiger partial charge is 0.507 e. The van der Waals surface area contributed by atoms with Crippen molar-refractivity contribution in [2.45, 2.75) is 31.7 Å². The number of carboxylic acids is 1. The standard InChI is InChI=1S/C20H20N2O5/c23-16-11-17(24)22-10-9-21(8-7-15(22)18(16)20(26)27)19(25)14-6-5-12-3-1-2-4-13(12)14/h1-4,11,14,23H,5-10H2,(H,26,27)/t14-/m0/s1. The van der Waals surface area contributed by atoms with E-state index in [0.717, 1.165) is 24.5 Å². The third-order valence-electron chi connectivity index (χ3n) is 5.57. The van der Waals surface area contributed by atoms with Crippen molar-refractivity contribution in [1.82, 2.24) is 9.47 Å². The van der Waals surface area contributed by atoms with Crippen LogP contribution in [0.4, 0.5) is 0 Å². The maximum Gasteiger partial charge on any atom is 0.341 e. The van der Waals surface area contributed by atoms with Crippen LogP contribution in [0.5, 0.6) is 5.75 Å². The third-order valence-corrected chi connectivity index (χ3v) is 5.57. The number of hydrogen-bond donors (Lipinski definition) is 2. The van der Waals surface area contributed by atoms with Crippen molar-refractivity contribution in [3.05, 3.63) is 63.1 Å². The molecule has 27 heavy (non-hydrogen) atoms. The van der Waals surface area contributed by atoms with E-state index in [4.69, 9.17) is 0 Å². The summed E-state index contributed by atoms with van der Waals surface area (Å²) in [4.78, 5) is 38.6. The van der Waals surface area contributed by atoms with Gasteiger partial charge in [-0.25, -0.2) is 4.79 Å². The number of carboxylic acid groups (broad SMARTS) is 1. The molecule has 1 aliphatic heterocycles. The van der Waals surface area contributed by atoms with Crippen molar-refractivity contribution in [1.29, 1.82) is 0 Å². The summed E-state index contributed by atoms with van der Waals surface area (Å²) in [6.45, 7) is 0.879. The molecule has 0 saturated heterocycles.